The lowest BCUT2D eigenvalue weighted by atomic mass is 10.0. The van der Waals surface area contributed by atoms with E-state index in [1.54, 1.807) is 0 Å². The topological polar surface area (TPSA) is 122 Å². The predicted molar refractivity (Wildman–Crippen MR) is 66.9 cm³/mol. The van der Waals surface area contributed by atoms with Gasteiger partial charge in [-0.2, -0.15) is 10.2 Å². The van der Waals surface area contributed by atoms with Crippen molar-refractivity contribution in [3.63, 3.8) is 0 Å². The number of nitriles is 1. The highest BCUT2D eigenvalue weighted by Crippen LogP contribution is 2.26. The number of nitrogens with zero attached hydrogens (tertiary/aromatic N) is 3. The van der Waals surface area contributed by atoms with Crippen LogP contribution < -0.4 is 11.5 Å². The third kappa shape index (κ3) is 2.29. The predicted octanol–water partition coefficient (Wildman–Crippen LogP) is 0.811. The maximum Gasteiger partial charge on any atom is 0.222 e. The Bertz CT molecular complexity index is 681. The van der Waals surface area contributed by atoms with Crippen LogP contribution in [0.15, 0.2) is 18.2 Å². The summed E-state index contributed by atoms with van der Waals surface area (Å²) in [6.07, 6.45) is 0. The van der Waals surface area contributed by atoms with E-state index in [2.05, 4.69) is 9.97 Å². The van der Waals surface area contributed by atoms with Gasteiger partial charge in [-0.25, -0.2) is 9.37 Å². The van der Waals surface area contributed by atoms with Gasteiger partial charge in [0.2, 0.25) is 5.95 Å². The van der Waals surface area contributed by atoms with Gasteiger partial charge in [0.1, 0.15) is 23.3 Å². The van der Waals surface area contributed by atoms with Gasteiger partial charge in [-0.1, -0.05) is 12.1 Å². The van der Waals surface area contributed by atoms with E-state index in [9.17, 15) is 4.39 Å². The zero-order chi connectivity index (χ0) is 14.0. The van der Waals surface area contributed by atoms with E-state index >= 15 is 0 Å². The van der Waals surface area contributed by atoms with Gasteiger partial charge in [0.25, 0.3) is 0 Å². The number of rotatable bonds is 2. The van der Waals surface area contributed by atoms with Gasteiger partial charge in [-0.05, 0) is 6.07 Å². The summed E-state index contributed by atoms with van der Waals surface area (Å²) in [5.41, 5.74) is 11.7. The molecule has 0 saturated carbocycles. The second-order valence-corrected chi connectivity index (χ2v) is 3.77. The molecule has 5 N–H and O–H groups in total. The van der Waals surface area contributed by atoms with Crippen molar-refractivity contribution < 1.29 is 9.50 Å². The van der Waals surface area contributed by atoms with Crippen LogP contribution in [0.1, 0.15) is 11.1 Å². The Balaban J connectivity index is 2.65. The van der Waals surface area contributed by atoms with Gasteiger partial charge >= 0.3 is 0 Å². The normalized spacial score (nSPS) is 10.2. The number of benzene rings is 1. The van der Waals surface area contributed by atoms with Crippen molar-refractivity contribution in [2.24, 2.45) is 0 Å². The Labute approximate surface area is 108 Å². The van der Waals surface area contributed by atoms with E-state index in [0.29, 0.717) is 5.56 Å². The standard InChI is InChI=1S/C12H10FN5O/c13-9-3-6(1-2-7(9)5-19)10-8(4-14)11(15)18-12(16)17-10/h1-3,19H,5H2,(H4,15,16,17,18). The van der Waals surface area contributed by atoms with Crippen LogP contribution in [0.3, 0.4) is 0 Å². The van der Waals surface area contributed by atoms with E-state index in [-0.39, 0.29) is 28.6 Å². The molecule has 1 aromatic heterocycles. The van der Waals surface area contributed by atoms with Crippen molar-refractivity contribution >= 4 is 11.8 Å². The molecule has 2 aromatic rings. The molecule has 96 valence electrons. The summed E-state index contributed by atoms with van der Waals surface area (Å²) in [5.74, 6) is -0.755. The first-order chi connectivity index (χ1) is 9.06. The molecule has 1 aromatic carbocycles. The Morgan fingerprint density at radius 3 is 2.63 bits per heavy atom. The number of hydrogen-bond donors (Lipinski definition) is 3. The summed E-state index contributed by atoms with van der Waals surface area (Å²) in [6, 6.07) is 5.95. The minimum absolute atomic E-state index is 0.0327. The number of nitrogen functional groups attached to an aromatic ring is 2. The highest BCUT2D eigenvalue weighted by atomic mass is 19.1. The third-order valence-corrected chi connectivity index (χ3v) is 2.56. The van der Waals surface area contributed by atoms with Gasteiger partial charge in [0, 0.05) is 11.1 Å². The fourth-order valence-corrected chi connectivity index (χ4v) is 1.64. The average molecular weight is 259 g/mol. The SMILES string of the molecule is N#Cc1c(N)nc(N)nc1-c1ccc(CO)c(F)c1. The molecule has 7 heteroatoms. The highest BCUT2D eigenvalue weighted by molar-refractivity contribution is 5.73. The van der Waals surface area contributed by atoms with Gasteiger partial charge in [-0.3, -0.25) is 0 Å². The zero-order valence-corrected chi connectivity index (χ0v) is 9.76. The van der Waals surface area contributed by atoms with Crippen molar-refractivity contribution in [3.8, 4) is 17.3 Å². The molecule has 0 aliphatic heterocycles. The van der Waals surface area contributed by atoms with Gasteiger partial charge in [0.15, 0.2) is 0 Å². The van der Waals surface area contributed by atoms with Crippen molar-refractivity contribution in [2.75, 3.05) is 11.5 Å². The van der Waals surface area contributed by atoms with Crippen LogP contribution in [0.2, 0.25) is 0 Å². The lowest BCUT2D eigenvalue weighted by Crippen LogP contribution is -2.05. The number of nitrogens with two attached hydrogens (primary N) is 2. The molecule has 0 aliphatic rings. The molecule has 0 bridgehead atoms. The van der Waals surface area contributed by atoms with Crippen LogP contribution in [0.5, 0.6) is 0 Å². The largest absolute Gasteiger partial charge is 0.392 e. The van der Waals surface area contributed by atoms with Crippen LogP contribution in [-0.2, 0) is 6.61 Å². The van der Waals surface area contributed by atoms with E-state index in [0.717, 1.165) is 6.07 Å². The van der Waals surface area contributed by atoms with Crippen LogP contribution in [0.25, 0.3) is 11.3 Å². The Kier molecular flexibility index (Phi) is 3.27. The van der Waals surface area contributed by atoms with Gasteiger partial charge in [0.05, 0.1) is 12.3 Å². The molecular weight excluding hydrogens is 249 g/mol. The fourth-order valence-electron chi connectivity index (χ4n) is 1.64. The smallest absolute Gasteiger partial charge is 0.222 e. The minimum Gasteiger partial charge on any atom is -0.392 e. The average Bonchev–Trinajstić information content (AvgIpc) is 2.37. The summed E-state index contributed by atoms with van der Waals surface area (Å²) >= 11 is 0. The maximum absolute atomic E-state index is 13.6. The molecule has 0 unspecified atom stereocenters. The monoisotopic (exact) mass is 259 g/mol. The van der Waals surface area contributed by atoms with E-state index in [1.807, 2.05) is 6.07 Å². The number of aliphatic hydroxyl groups excluding tert-OH is 1. The minimum atomic E-state index is -0.598. The molecular formula is C12H10FN5O. The van der Waals surface area contributed by atoms with Crippen molar-refractivity contribution in [1.29, 1.82) is 5.26 Å². The van der Waals surface area contributed by atoms with Crippen LogP contribution in [-0.4, -0.2) is 15.1 Å². The lowest BCUT2D eigenvalue weighted by molar-refractivity contribution is 0.276. The molecule has 19 heavy (non-hydrogen) atoms. The molecule has 0 spiro atoms. The summed E-state index contributed by atoms with van der Waals surface area (Å²) in [4.78, 5) is 7.58. The number of anilines is 2. The Morgan fingerprint density at radius 1 is 1.32 bits per heavy atom. The maximum atomic E-state index is 13.6. The molecule has 0 aliphatic carbocycles. The number of aromatic nitrogens is 2. The highest BCUT2D eigenvalue weighted by Gasteiger charge is 2.14. The molecule has 0 fully saturated rings. The van der Waals surface area contributed by atoms with Crippen LogP contribution in [0, 0.1) is 17.1 Å². The molecule has 0 radical (unpaired) electrons. The number of aliphatic hydroxyl groups is 1. The molecule has 0 saturated heterocycles. The van der Waals surface area contributed by atoms with Crippen LogP contribution >= 0.6 is 0 Å². The number of halogens is 1. The molecule has 0 amide bonds. The molecule has 6 nitrogen and oxygen atoms in total. The summed E-state index contributed by atoms with van der Waals surface area (Å²) in [5, 5.41) is 17.9. The van der Waals surface area contributed by atoms with Crippen molar-refractivity contribution in [2.45, 2.75) is 6.61 Å². The summed E-state index contributed by atoms with van der Waals surface area (Å²) < 4.78 is 13.6. The van der Waals surface area contributed by atoms with Gasteiger partial charge in [-0.15, -0.1) is 0 Å². The molecule has 1 heterocycles. The van der Waals surface area contributed by atoms with E-state index in [1.165, 1.54) is 12.1 Å². The summed E-state index contributed by atoms with van der Waals surface area (Å²) in [7, 11) is 0. The number of hydrogen-bond acceptors (Lipinski definition) is 6. The quantitative estimate of drug-likeness (QED) is 0.733. The first-order valence-electron chi connectivity index (χ1n) is 5.29. The lowest BCUT2D eigenvalue weighted by Gasteiger charge is -2.08. The van der Waals surface area contributed by atoms with Crippen LogP contribution in [0.4, 0.5) is 16.2 Å². The first-order valence-corrected chi connectivity index (χ1v) is 5.29. The van der Waals surface area contributed by atoms with E-state index in [4.69, 9.17) is 21.8 Å². The molecule has 0 atom stereocenters. The summed E-state index contributed by atoms with van der Waals surface area (Å²) in [6.45, 7) is -0.411. The van der Waals surface area contributed by atoms with Gasteiger partial charge < -0.3 is 16.6 Å². The first kappa shape index (κ1) is 12.7. The Hall–Kier alpha value is -2.72. The fraction of sp³-hybridized carbons (Fsp3) is 0.0833. The molecule has 2 rings (SSSR count). The van der Waals surface area contributed by atoms with Crippen molar-refractivity contribution in [3.05, 3.63) is 35.1 Å². The zero-order valence-electron chi connectivity index (χ0n) is 9.76. The second kappa shape index (κ2) is 4.88. The second-order valence-electron chi connectivity index (χ2n) is 3.77. The van der Waals surface area contributed by atoms with E-state index < -0.39 is 12.4 Å². The Morgan fingerprint density at radius 2 is 2.05 bits per heavy atom. The van der Waals surface area contributed by atoms with Crippen molar-refractivity contribution in [1.82, 2.24) is 9.97 Å². The third-order valence-electron chi connectivity index (χ3n) is 2.56.